The van der Waals surface area contributed by atoms with Gasteiger partial charge in [0.25, 0.3) is 0 Å². The quantitative estimate of drug-likeness (QED) is 0.0668. The Morgan fingerprint density at radius 3 is 1.47 bits per heavy atom. The van der Waals surface area contributed by atoms with Crippen molar-refractivity contribution in [3.8, 4) is 50.6 Å². The molecule has 59 heavy (non-hydrogen) atoms. The third-order valence-corrected chi connectivity index (χ3v) is 13.3. The van der Waals surface area contributed by atoms with Crippen LogP contribution in [0.4, 0.5) is 0 Å². The van der Waals surface area contributed by atoms with Crippen molar-refractivity contribution < 1.29 is 0 Å². The zero-order valence-electron chi connectivity index (χ0n) is 36.0. The molecule has 7 aromatic carbocycles. The number of rotatable bonds is 17. The number of benzene rings is 7. The molecule has 0 amide bonds. The second kappa shape index (κ2) is 18.2. The Morgan fingerprint density at radius 1 is 0.390 bits per heavy atom. The molecule has 0 atom stereocenters. The molecule has 0 spiro atoms. The minimum absolute atomic E-state index is 0.0232. The Kier molecular flexibility index (Phi) is 12.5. The molecule has 7 aromatic rings. The van der Waals surface area contributed by atoms with E-state index in [2.05, 4.69) is 149 Å². The maximum Gasteiger partial charge on any atom is 0.0991 e. The molecule has 0 bridgehead atoms. The van der Waals surface area contributed by atoms with Gasteiger partial charge in [0.15, 0.2) is 0 Å². The SMILES string of the molecule is CCCCCCCCC1(CCCCCCCC)c2cc(C)ccc2-c2ccc(-c3cc(-c4ccc(C#N)cc4)cc(-c4ccc5cc6cc(C)ccc6cc5c4)c3)cc21. The van der Waals surface area contributed by atoms with Crippen molar-refractivity contribution in [2.75, 3.05) is 0 Å². The van der Waals surface area contributed by atoms with Gasteiger partial charge in [-0.05, 0) is 158 Å². The van der Waals surface area contributed by atoms with E-state index in [1.54, 1.807) is 5.56 Å². The summed E-state index contributed by atoms with van der Waals surface area (Å²) in [6.07, 6.45) is 18.2. The minimum Gasteiger partial charge on any atom is -0.192 e. The van der Waals surface area contributed by atoms with Gasteiger partial charge in [0.1, 0.15) is 0 Å². The third-order valence-electron chi connectivity index (χ3n) is 13.3. The Hall–Kier alpha value is -5.45. The van der Waals surface area contributed by atoms with E-state index < -0.39 is 0 Å². The first kappa shape index (κ1) is 40.3. The standard InChI is InChI=1S/C58H61N/c1-5-7-9-11-13-15-29-58(30-16-14-12-10-8-6-2)56-32-42(4)18-27-54(56)55-28-26-48(39-57(55)58)53-37-50(44-22-19-43(40-59)20-23-44)36-52(38-53)47-25-24-46-33-49-31-41(3)17-21-45(49)34-51(46)35-47/h17-28,31-39H,5-16,29-30H2,1-4H3. The van der Waals surface area contributed by atoms with Gasteiger partial charge in [0.2, 0.25) is 0 Å². The van der Waals surface area contributed by atoms with Crippen LogP contribution in [0.25, 0.3) is 66.1 Å². The van der Waals surface area contributed by atoms with Gasteiger partial charge in [0.05, 0.1) is 11.6 Å². The van der Waals surface area contributed by atoms with Crippen molar-refractivity contribution in [1.82, 2.24) is 0 Å². The van der Waals surface area contributed by atoms with Gasteiger partial charge in [-0.3, -0.25) is 0 Å². The zero-order chi connectivity index (χ0) is 40.8. The summed E-state index contributed by atoms with van der Waals surface area (Å²) in [7, 11) is 0. The smallest absolute Gasteiger partial charge is 0.0991 e. The maximum absolute atomic E-state index is 9.60. The number of nitrogens with zero attached hydrogens (tertiary/aromatic N) is 1. The van der Waals surface area contributed by atoms with Gasteiger partial charge in [-0.25, -0.2) is 0 Å². The predicted octanol–water partition coefficient (Wildman–Crippen LogP) is 17.3. The van der Waals surface area contributed by atoms with Gasteiger partial charge in [-0.2, -0.15) is 5.26 Å². The zero-order valence-corrected chi connectivity index (χ0v) is 36.0. The first-order valence-corrected chi connectivity index (χ1v) is 22.8. The molecule has 0 unspecified atom stereocenters. The summed E-state index contributed by atoms with van der Waals surface area (Å²) in [5.74, 6) is 0. The average Bonchev–Trinajstić information content (AvgIpc) is 3.52. The van der Waals surface area contributed by atoms with Crippen LogP contribution in [-0.2, 0) is 5.41 Å². The van der Waals surface area contributed by atoms with Gasteiger partial charge in [0, 0.05) is 5.41 Å². The van der Waals surface area contributed by atoms with E-state index in [-0.39, 0.29) is 5.41 Å². The van der Waals surface area contributed by atoms with Crippen molar-refractivity contribution >= 4 is 21.5 Å². The molecule has 0 N–H and O–H groups in total. The molecular formula is C58H61N. The Balaban J connectivity index is 1.24. The van der Waals surface area contributed by atoms with Crippen LogP contribution in [0.5, 0.6) is 0 Å². The van der Waals surface area contributed by atoms with E-state index in [9.17, 15) is 5.26 Å². The average molecular weight is 772 g/mol. The highest BCUT2D eigenvalue weighted by Crippen LogP contribution is 2.55. The van der Waals surface area contributed by atoms with Crippen molar-refractivity contribution in [2.45, 2.75) is 123 Å². The topological polar surface area (TPSA) is 23.8 Å². The predicted molar refractivity (Wildman–Crippen MR) is 254 cm³/mol. The third kappa shape index (κ3) is 8.66. The van der Waals surface area contributed by atoms with Crippen LogP contribution in [0.1, 0.15) is 132 Å². The van der Waals surface area contributed by atoms with Crippen LogP contribution in [0.3, 0.4) is 0 Å². The van der Waals surface area contributed by atoms with E-state index in [0.29, 0.717) is 5.56 Å². The summed E-state index contributed by atoms with van der Waals surface area (Å²) in [5.41, 5.74) is 16.6. The van der Waals surface area contributed by atoms with E-state index in [1.807, 2.05) is 12.1 Å². The summed E-state index contributed by atoms with van der Waals surface area (Å²) < 4.78 is 0. The van der Waals surface area contributed by atoms with Crippen molar-refractivity contribution in [3.63, 3.8) is 0 Å². The van der Waals surface area contributed by atoms with Gasteiger partial charge in [-0.15, -0.1) is 0 Å². The Bertz CT molecular complexity index is 2600. The summed E-state index contributed by atoms with van der Waals surface area (Å²) in [6.45, 7) is 9.07. The number of hydrogen-bond acceptors (Lipinski definition) is 1. The number of hydrogen-bond donors (Lipinski definition) is 0. The number of nitriles is 1. The van der Waals surface area contributed by atoms with Crippen molar-refractivity contribution in [3.05, 3.63) is 155 Å². The second-order valence-corrected chi connectivity index (χ2v) is 17.7. The van der Waals surface area contributed by atoms with Crippen LogP contribution >= 0.6 is 0 Å². The van der Waals surface area contributed by atoms with E-state index >= 15 is 0 Å². The van der Waals surface area contributed by atoms with Crippen LogP contribution in [-0.4, -0.2) is 0 Å². The summed E-state index contributed by atoms with van der Waals surface area (Å²) in [6, 6.07) is 50.6. The molecule has 1 aliphatic carbocycles. The molecule has 1 heteroatoms. The number of unbranched alkanes of at least 4 members (excludes halogenated alkanes) is 10. The molecule has 0 saturated carbocycles. The molecule has 298 valence electrons. The van der Waals surface area contributed by atoms with Crippen LogP contribution < -0.4 is 0 Å². The fourth-order valence-electron chi connectivity index (χ4n) is 10.0. The molecule has 0 aromatic heterocycles. The lowest BCUT2D eigenvalue weighted by Gasteiger charge is -2.33. The van der Waals surface area contributed by atoms with Crippen LogP contribution in [0.2, 0.25) is 0 Å². The van der Waals surface area contributed by atoms with Crippen LogP contribution in [0, 0.1) is 25.2 Å². The highest BCUT2D eigenvalue weighted by molar-refractivity contribution is 6.00. The largest absolute Gasteiger partial charge is 0.192 e. The number of fused-ring (bicyclic) bond motifs is 5. The lowest BCUT2D eigenvalue weighted by atomic mass is 9.70. The molecule has 1 nitrogen and oxygen atoms in total. The number of aryl methyl sites for hydroxylation is 2. The normalized spacial score (nSPS) is 12.8. The fourth-order valence-corrected chi connectivity index (χ4v) is 10.0. The molecule has 0 heterocycles. The monoisotopic (exact) mass is 771 g/mol. The molecular weight excluding hydrogens is 711 g/mol. The molecule has 8 rings (SSSR count). The highest BCUT2D eigenvalue weighted by Gasteiger charge is 2.42. The lowest BCUT2D eigenvalue weighted by Crippen LogP contribution is -2.25. The molecule has 0 fully saturated rings. The van der Waals surface area contributed by atoms with Gasteiger partial charge < -0.3 is 0 Å². The second-order valence-electron chi connectivity index (χ2n) is 17.7. The summed E-state index contributed by atoms with van der Waals surface area (Å²) in [4.78, 5) is 0. The first-order valence-electron chi connectivity index (χ1n) is 22.8. The van der Waals surface area contributed by atoms with Crippen molar-refractivity contribution in [1.29, 1.82) is 5.26 Å². The van der Waals surface area contributed by atoms with E-state index in [4.69, 9.17) is 0 Å². The molecule has 0 aliphatic heterocycles. The maximum atomic E-state index is 9.60. The molecule has 0 saturated heterocycles. The Labute approximate surface area is 354 Å². The first-order chi connectivity index (χ1) is 28.9. The van der Waals surface area contributed by atoms with Gasteiger partial charge in [-0.1, -0.05) is 175 Å². The highest BCUT2D eigenvalue weighted by atomic mass is 14.5. The summed E-state index contributed by atoms with van der Waals surface area (Å²) >= 11 is 0. The fraction of sp³-hybridized carbons (Fsp3) is 0.328. The molecule has 1 aliphatic rings. The van der Waals surface area contributed by atoms with Crippen LogP contribution in [0.15, 0.2) is 127 Å². The summed E-state index contributed by atoms with van der Waals surface area (Å²) in [5, 5.41) is 14.7. The lowest BCUT2D eigenvalue weighted by molar-refractivity contribution is 0.398. The van der Waals surface area contributed by atoms with E-state index in [0.717, 1.165) is 5.56 Å². The van der Waals surface area contributed by atoms with Crippen molar-refractivity contribution in [2.24, 2.45) is 0 Å². The van der Waals surface area contributed by atoms with E-state index in [1.165, 1.54) is 167 Å². The minimum atomic E-state index is 0.0232. The molecule has 0 radical (unpaired) electrons. The van der Waals surface area contributed by atoms with Gasteiger partial charge >= 0.3 is 0 Å². The Morgan fingerprint density at radius 2 is 0.847 bits per heavy atom.